The normalized spacial score (nSPS) is 11.2. The average molecular weight is 120 g/mol. The van der Waals surface area contributed by atoms with Crippen molar-refractivity contribution in [1.82, 2.24) is 0 Å². The lowest BCUT2D eigenvalue weighted by atomic mass is 10.5. The van der Waals surface area contributed by atoms with Gasteiger partial charge in [-0.2, -0.15) is 0 Å². The Hall–Kier alpha value is -0.160. The van der Waals surface area contributed by atoms with Crippen LogP contribution in [0, 0.1) is 0 Å². The van der Waals surface area contributed by atoms with Gasteiger partial charge in [0, 0.05) is 14.2 Å². The third-order valence-corrected chi connectivity index (χ3v) is 0.779. The Bertz CT molecular complexity index is 54.0. The van der Waals surface area contributed by atoms with Gasteiger partial charge in [0.05, 0.1) is 0 Å². The highest BCUT2D eigenvalue weighted by molar-refractivity contribution is 4.53. The van der Waals surface area contributed by atoms with Crippen molar-refractivity contribution in [2.75, 3.05) is 14.2 Å². The SMILES string of the molecule is COC(OC)C(N)N. The molecular formula is C4H12N2O2. The van der Waals surface area contributed by atoms with Crippen LogP contribution < -0.4 is 11.5 Å². The van der Waals surface area contributed by atoms with Crippen LogP contribution in [0.3, 0.4) is 0 Å². The predicted molar refractivity (Wildman–Crippen MR) is 30.0 cm³/mol. The summed E-state index contributed by atoms with van der Waals surface area (Å²) in [5.74, 6) is 0. The fraction of sp³-hybridized carbons (Fsp3) is 1.00. The van der Waals surface area contributed by atoms with Gasteiger partial charge in [0.1, 0.15) is 6.17 Å². The molecule has 0 aliphatic rings. The molecule has 0 spiro atoms. The van der Waals surface area contributed by atoms with Crippen LogP contribution in [-0.2, 0) is 9.47 Å². The first-order valence-corrected chi connectivity index (χ1v) is 2.29. The quantitative estimate of drug-likeness (QED) is 0.461. The number of methoxy groups -OCH3 is 2. The van der Waals surface area contributed by atoms with Crippen molar-refractivity contribution in [3.63, 3.8) is 0 Å². The van der Waals surface area contributed by atoms with Gasteiger partial charge in [0.25, 0.3) is 0 Å². The summed E-state index contributed by atoms with van der Waals surface area (Å²) < 4.78 is 9.38. The Morgan fingerprint density at radius 1 is 1.12 bits per heavy atom. The topological polar surface area (TPSA) is 70.5 Å². The van der Waals surface area contributed by atoms with Crippen LogP contribution in [0.4, 0.5) is 0 Å². The Morgan fingerprint density at radius 2 is 1.50 bits per heavy atom. The largest absolute Gasteiger partial charge is 0.353 e. The van der Waals surface area contributed by atoms with Crippen LogP contribution in [0.5, 0.6) is 0 Å². The van der Waals surface area contributed by atoms with E-state index in [0.717, 1.165) is 0 Å². The molecule has 0 heterocycles. The minimum Gasteiger partial charge on any atom is -0.353 e. The summed E-state index contributed by atoms with van der Waals surface area (Å²) in [5, 5.41) is 0. The van der Waals surface area contributed by atoms with Crippen LogP contribution in [-0.4, -0.2) is 26.7 Å². The first-order chi connectivity index (χ1) is 3.72. The Balaban J connectivity index is 3.35. The van der Waals surface area contributed by atoms with Crippen molar-refractivity contribution < 1.29 is 9.47 Å². The minimum absolute atomic E-state index is 0.491. The van der Waals surface area contributed by atoms with Crippen LogP contribution in [0.1, 0.15) is 0 Å². The summed E-state index contributed by atoms with van der Waals surface area (Å²) in [4.78, 5) is 0. The maximum Gasteiger partial charge on any atom is 0.184 e. The minimum atomic E-state index is -0.565. The number of ether oxygens (including phenoxy) is 2. The van der Waals surface area contributed by atoms with Crippen LogP contribution in [0.25, 0.3) is 0 Å². The molecule has 4 heteroatoms. The molecule has 0 bridgehead atoms. The molecule has 0 aliphatic heterocycles. The highest BCUT2D eigenvalue weighted by Gasteiger charge is 2.09. The van der Waals surface area contributed by atoms with Crippen LogP contribution in [0.2, 0.25) is 0 Å². The van der Waals surface area contributed by atoms with Gasteiger partial charge in [-0.3, -0.25) is 0 Å². The highest BCUT2D eigenvalue weighted by atomic mass is 16.7. The number of hydrogen-bond acceptors (Lipinski definition) is 4. The van der Waals surface area contributed by atoms with E-state index in [2.05, 4.69) is 9.47 Å². The zero-order valence-corrected chi connectivity index (χ0v) is 5.13. The molecule has 4 N–H and O–H groups in total. The second-order valence-electron chi connectivity index (χ2n) is 1.42. The zero-order chi connectivity index (χ0) is 6.57. The summed E-state index contributed by atoms with van der Waals surface area (Å²) in [5.41, 5.74) is 10.4. The maximum atomic E-state index is 5.19. The van der Waals surface area contributed by atoms with E-state index in [1.54, 1.807) is 0 Å². The van der Waals surface area contributed by atoms with Crippen molar-refractivity contribution in [3.8, 4) is 0 Å². The molecule has 0 amide bonds. The Kier molecular flexibility index (Phi) is 3.72. The van der Waals surface area contributed by atoms with E-state index in [9.17, 15) is 0 Å². The van der Waals surface area contributed by atoms with Crippen LogP contribution >= 0.6 is 0 Å². The van der Waals surface area contributed by atoms with Gasteiger partial charge in [-0.1, -0.05) is 0 Å². The van der Waals surface area contributed by atoms with E-state index in [-0.39, 0.29) is 0 Å². The molecule has 50 valence electrons. The van der Waals surface area contributed by atoms with Crippen molar-refractivity contribution in [3.05, 3.63) is 0 Å². The highest BCUT2D eigenvalue weighted by Crippen LogP contribution is 1.88. The van der Waals surface area contributed by atoms with Crippen molar-refractivity contribution >= 4 is 0 Å². The van der Waals surface area contributed by atoms with E-state index in [1.807, 2.05) is 0 Å². The summed E-state index contributed by atoms with van der Waals surface area (Å²) in [6, 6.07) is 0. The first kappa shape index (κ1) is 7.84. The van der Waals surface area contributed by atoms with Crippen molar-refractivity contribution in [1.29, 1.82) is 0 Å². The molecule has 0 aliphatic carbocycles. The smallest absolute Gasteiger partial charge is 0.184 e. The van der Waals surface area contributed by atoms with E-state index < -0.39 is 12.5 Å². The van der Waals surface area contributed by atoms with Crippen LogP contribution in [0.15, 0.2) is 0 Å². The summed E-state index contributed by atoms with van der Waals surface area (Å²) in [6.07, 6.45) is -1.06. The van der Waals surface area contributed by atoms with Gasteiger partial charge < -0.3 is 20.9 Å². The lowest BCUT2D eigenvalue weighted by molar-refractivity contribution is -0.115. The molecule has 0 aromatic carbocycles. The molecule has 0 saturated carbocycles. The van der Waals surface area contributed by atoms with Gasteiger partial charge in [0.15, 0.2) is 6.29 Å². The molecule has 0 fully saturated rings. The number of rotatable bonds is 3. The molecule has 0 aromatic heterocycles. The summed E-state index contributed by atoms with van der Waals surface area (Å²) >= 11 is 0. The predicted octanol–water partition coefficient (Wildman–Crippen LogP) is -1.15. The Labute approximate surface area is 48.7 Å². The third kappa shape index (κ3) is 2.23. The van der Waals surface area contributed by atoms with Crippen molar-refractivity contribution in [2.45, 2.75) is 12.5 Å². The molecule has 0 saturated heterocycles. The second-order valence-corrected chi connectivity index (χ2v) is 1.42. The van der Waals surface area contributed by atoms with E-state index in [0.29, 0.717) is 0 Å². The molecule has 0 radical (unpaired) electrons. The molecule has 0 aromatic rings. The van der Waals surface area contributed by atoms with Crippen molar-refractivity contribution in [2.24, 2.45) is 11.5 Å². The van der Waals surface area contributed by atoms with Gasteiger partial charge in [0.2, 0.25) is 0 Å². The fourth-order valence-electron chi connectivity index (χ4n) is 0.410. The second kappa shape index (κ2) is 3.80. The summed E-state index contributed by atoms with van der Waals surface area (Å²) in [7, 11) is 2.97. The molecular weight excluding hydrogens is 108 g/mol. The first-order valence-electron chi connectivity index (χ1n) is 2.29. The lowest BCUT2D eigenvalue weighted by Gasteiger charge is -2.15. The average Bonchev–Trinajstić information content (AvgIpc) is 1.69. The monoisotopic (exact) mass is 120 g/mol. The molecule has 0 atom stereocenters. The number of hydrogen-bond donors (Lipinski definition) is 2. The third-order valence-electron chi connectivity index (χ3n) is 0.779. The molecule has 0 unspecified atom stereocenters. The fourth-order valence-corrected chi connectivity index (χ4v) is 0.410. The van der Waals surface area contributed by atoms with E-state index in [4.69, 9.17) is 11.5 Å². The molecule has 8 heavy (non-hydrogen) atoms. The lowest BCUT2D eigenvalue weighted by Crippen LogP contribution is -2.44. The van der Waals surface area contributed by atoms with Gasteiger partial charge in [-0.25, -0.2) is 0 Å². The van der Waals surface area contributed by atoms with E-state index >= 15 is 0 Å². The molecule has 4 nitrogen and oxygen atoms in total. The summed E-state index contributed by atoms with van der Waals surface area (Å²) in [6.45, 7) is 0. The standard InChI is InChI=1S/C4H12N2O2/c1-7-4(8-2)3(5)6/h3-4H,5-6H2,1-2H3. The van der Waals surface area contributed by atoms with E-state index in [1.165, 1.54) is 14.2 Å². The van der Waals surface area contributed by atoms with Gasteiger partial charge in [-0.05, 0) is 0 Å². The maximum absolute atomic E-state index is 5.19. The van der Waals surface area contributed by atoms with Gasteiger partial charge in [-0.15, -0.1) is 0 Å². The Morgan fingerprint density at radius 3 is 1.50 bits per heavy atom. The number of nitrogens with two attached hydrogens (primary N) is 2. The zero-order valence-electron chi connectivity index (χ0n) is 5.13. The molecule has 0 rings (SSSR count). The van der Waals surface area contributed by atoms with Gasteiger partial charge >= 0.3 is 0 Å².